The molecule has 0 saturated heterocycles. The number of thiocyanates is 1. The minimum absolute atomic E-state index is 0.584. The molecule has 96 valence electrons. The van der Waals surface area contributed by atoms with E-state index < -0.39 is 10.9 Å². The van der Waals surface area contributed by atoms with Crippen molar-refractivity contribution >= 4 is 22.6 Å². The number of nitrogens with zero attached hydrogens (tertiary/aromatic N) is 1. The van der Waals surface area contributed by atoms with E-state index in [4.69, 9.17) is 17.8 Å². The summed E-state index contributed by atoms with van der Waals surface area (Å²) in [6, 6.07) is 0. The van der Waals surface area contributed by atoms with Crippen molar-refractivity contribution in [2.24, 2.45) is 0 Å². The third-order valence-electron chi connectivity index (χ3n) is 1.60. The van der Waals surface area contributed by atoms with Crippen LogP contribution < -0.4 is 0 Å². The van der Waals surface area contributed by atoms with Gasteiger partial charge in [0.2, 0.25) is 0 Å². The zero-order valence-corrected chi connectivity index (χ0v) is 11.9. The van der Waals surface area contributed by atoms with Gasteiger partial charge >= 0.3 is 0 Å². The molecule has 4 nitrogen and oxygen atoms in total. The summed E-state index contributed by atoms with van der Waals surface area (Å²) >= 11 is 1.26. The zero-order chi connectivity index (χ0) is 12.3. The molecule has 0 heterocycles. The van der Waals surface area contributed by atoms with Gasteiger partial charge in [0, 0.05) is 11.5 Å². The second-order valence-corrected chi connectivity index (χ2v) is 5.88. The van der Waals surface area contributed by atoms with Gasteiger partial charge in [-0.25, -0.2) is 0 Å². The first-order valence-corrected chi connectivity index (χ1v) is 8.06. The normalized spacial score (nSPS) is 12.4. The van der Waals surface area contributed by atoms with E-state index in [9.17, 15) is 0 Å². The maximum Gasteiger partial charge on any atom is 0.133 e. The SMILES string of the molecule is CCOS(CCCSC#N)(OCC)OCC. The topological polar surface area (TPSA) is 51.5 Å². The predicted octanol–water partition coefficient (Wildman–Crippen LogP) is 3.25. The average molecular weight is 267 g/mol. The van der Waals surface area contributed by atoms with Crippen LogP contribution in [-0.4, -0.2) is 31.3 Å². The van der Waals surface area contributed by atoms with Crippen LogP contribution >= 0.6 is 22.6 Å². The molecule has 0 spiro atoms. The van der Waals surface area contributed by atoms with Crippen LogP contribution in [0.2, 0.25) is 0 Å². The first-order chi connectivity index (χ1) is 7.74. The highest BCUT2D eigenvalue weighted by molar-refractivity contribution is 8.21. The third-order valence-corrected chi connectivity index (χ3v) is 4.79. The molecular formula is C10H21NO3S2. The van der Waals surface area contributed by atoms with Gasteiger partial charge < -0.3 is 0 Å². The summed E-state index contributed by atoms with van der Waals surface area (Å²) in [4.78, 5) is 0. The lowest BCUT2D eigenvalue weighted by atomic mass is 10.6. The van der Waals surface area contributed by atoms with Crippen molar-refractivity contribution in [2.45, 2.75) is 27.2 Å². The standard InChI is InChI=1S/C10H21NO3S2/c1-4-12-16(13-5-2,14-6-3)9-7-8-15-10-11/h4-9H2,1-3H3. The summed E-state index contributed by atoms with van der Waals surface area (Å²) in [6.07, 6.45) is 0.869. The average Bonchev–Trinajstić information content (AvgIpc) is 2.26. The fourth-order valence-corrected chi connectivity index (χ4v) is 3.87. The minimum Gasteiger partial charge on any atom is -0.293 e. The van der Waals surface area contributed by atoms with Crippen LogP contribution in [0.5, 0.6) is 0 Å². The van der Waals surface area contributed by atoms with Crippen molar-refractivity contribution in [3.63, 3.8) is 0 Å². The summed E-state index contributed by atoms with van der Waals surface area (Å²) in [5.41, 5.74) is 0. The molecule has 0 amide bonds. The van der Waals surface area contributed by atoms with Gasteiger partial charge in [-0.15, -0.1) is 0 Å². The highest BCUT2D eigenvalue weighted by atomic mass is 32.3. The van der Waals surface area contributed by atoms with Gasteiger partial charge in [0.05, 0.1) is 30.7 Å². The molecule has 0 radical (unpaired) electrons. The Morgan fingerprint density at radius 3 is 1.94 bits per heavy atom. The van der Waals surface area contributed by atoms with E-state index in [0.717, 1.165) is 17.9 Å². The van der Waals surface area contributed by atoms with Crippen LogP contribution in [0.15, 0.2) is 0 Å². The second kappa shape index (κ2) is 10.2. The highest BCUT2D eigenvalue weighted by Crippen LogP contribution is 2.51. The van der Waals surface area contributed by atoms with Crippen molar-refractivity contribution in [1.29, 1.82) is 5.26 Å². The molecule has 0 rings (SSSR count). The smallest absolute Gasteiger partial charge is 0.133 e. The van der Waals surface area contributed by atoms with E-state index in [1.165, 1.54) is 11.8 Å². The Hall–Kier alpha value is 0.0700. The van der Waals surface area contributed by atoms with Crippen molar-refractivity contribution in [3.8, 4) is 5.40 Å². The van der Waals surface area contributed by atoms with Crippen molar-refractivity contribution in [2.75, 3.05) is 31.3 Å². The fraction of sp³-hybridized carbons (Fsp3) is 0.900. The van der Waals surface area contributed by atoms with Crippen LogP contribution in [0.3, 0.4) is 0 Å². The van der Waals surface area contributed by atoms with Crippen LogP contribution in [-0.2, 0) is 12.5 Å². The van der Waals surface area contributed by atoms with E-state index >= 15 is 0 Å². The number of hydrogen-bond donors (Lipinski definition) is 0. The van der Waals surface area contributed by atoms with Crippen molar-refractivity contribution < 1.29 is 12.5 Å². The molecule has 0 N–H and O–H groups in total. The molecule has 0 aliphatic carbocycles. The summed E-state index contributed by atoms with van der Waals surface area (Å²) in [5.74, 6) is 1.52. The van der Waals surface area contributed by atoms with Crippen molar-refractivity contribution in [3.05, 3.63) is 0 Å². The molecule has 0 aliphatic rings. The molecular weight excluding hydrogens is 246 g/mol. The molecule has 16 heavy (non-hydrogen) atoms. The largest absolute Gasteiger partial charge is 0.293 e. The lowest BCUT2D eigenvalue weighted by Crippen LogP contribution is -2.16. The van der Waals surface area contributed by atoms with E-state index in [1.54, 1.807) is 0 Å². The van der Waals surface area contributed by atoms with E-state index in [0.29, 0.717) is 19.8 Å². The lowest BCUT2D eigenvalue weighted by molar-refractivity contribution is 0.185. The summed E-state index contributed by atoms with van der Waals surface area (Å²) < 4.78 is 16.9. The Morgan fingerprint density at radius 2 is 1.56 bits per heavy atom. The molecule has 0 saturated carbocycles. The molecule has 0 fully saturated rings. The maximum absolute atomic E-state index is 8.43. The molecule has 0 aliphatic heterocycles. The van der Waals surface area contributed by atoms with E-state index in [1.807, 2.05) is 20.8 Å². The minimum atomic E-state index is -1.85. The molecule has 0 unspecified atom stereocenters. The predicted molar refractivity (Wildman–Crippen MR) is 70.0 cm³/mol. The van der Waals surface area contributed by atoms with Gasteiger partial charge in [0.25, 0.3) is 0 Å². The summed E-state index contributed by atoms with van der Waals surface area (Å²) in [7, 11) is -1.85. The Labute approximate surface area is 105 Å². The molecule has 0 aromatic heterocycles. The van der Waals surface area contributed by atoms with Gasteiger partial charge in [-0.05, 0) is 39.0 Å². The van der Waals surface area contributed by atoms with Gasteiger partial charge in [-0.1, -0.05) is 0 Å². The molecule has 0 aromatic rings. The van der Waals surface area contributed by atoms with E-state index in [-0.39, 0.29) is 0 Å². The van der Waals surface area contributed by atoms with Gasteiger partial charge in [0.15, 0.2) is 0 Å². The Balaban J connectivity index is 4.18. The number of rotatable bonds is 10. The lowest BCUT2D eigenvalue weighted by Gasteiger charge is -2.36. The van der Waals surface area contributed by atoms with Crippen LogP contribution in [0.4, 0.5) is 0 Å². The number of hydrogen-bond acceptors (Lipinski definition) is 5. The highest BCUT2D eigenvalue weighted by Gasteiger charge is 2.25. The Kier molecular flexibility index (Phi) is 10.3. The van der Waals surface area contributed by atoms with Gasteiger partial charge in [0.1, 0.15) is 5.40 Å². The zero-order valence-electron chi connectivity index (χ0n) is 10.2. The Morgan fingerprint density at radius 1 is 1.06 bits per heavy atom. The number of thioether (sulfide) groups is 1. The number of nitriles is 1. The van der Waals surface area contributed by atoms with Gasteiger partial charge in [-0.3, -0.25) is 12.5 Å². The second-order valence-electron chi connectivity index (χ2n) is 2.77. The molecule has 0 atom stereocenters. The van der Waals surface area contributed by atoms with Crippen LogP contribution in [0.1, 0.15) is 27.2 Å². The summed E-state index contributed by atoms with van der Waals surface area (Å²) in [6.45, 7) is 7.56. The van der Waals surface area contributed by atoms with Crippen LogP contribution in [0.25, 0.3) is 0 Å². The third kappa shape index (κ3) is 6.61. The van der Waals surface area contributed by atoms with Gasteiger partial charge in [-0.2, -0.15) is 5.26 Å². The first kappa shape index (κ1) is 16.1. The fourth-order valence-electron chi connectivity index (χ4n) is 1.17. The van der Waals surface area contributed by atoms with Crippen molar-refractivity contribution in [1.82, 2.24) is 0 Å². The maximum atomic E-state index is 8.43. The molecule has 6 heteroatoms. The Bertz CT molecular complexity index is 192. The first-order valence-electron chi connectivity index (χ1n) is 5.49. The molecule has 0 aromatic carbocycles. The van der Waals surface area contributed by atoms with E-state index in [2.05, 4.69) is 5.40 Å². The van der Waals surface area contributed by atoms with Crippen LogP contribution in [0, 0.1) is 10.7 Å². The quantitative estimate of drug-likeness (QED) is 0.449. The molecule has 0 bridgehead atoms. The summed E-state index contributed by atoms with van der Waals surface area (Å²) in [5, 5.41) is 10.5. The monoisotopic (exact) mass is 267 g/mol.